The summed E-state index contributed by atoms with van der Waals surface area (Å²) in [5.74, 6) is 0.860. The maximum absolute atomic E-state index is 3.44. The Labute approximate surface area is 123 Å². The van der Waals surface area contributed by atoms with Crippen LogP contribution in [0.25, 0.3) is 0 Å². The number of hydrogen-bond acceptors (Lipinski definition) is 3. The molecule has 2 atom stereocenters. The van der Waals surface area contributed by atoms with E-state index in [2.05, 4.69) is 52.4 Å². The molecule has 0 radical (unpaired) electrons. The van der Waals surface area contributed by atoms with Gasteiger partial charge in [0.2, 0.25) is 0 Å². The van der Waals surface area contributed by atoms with Crippen molar-refractivity contribution in [3.05, 3.63) is 35.9 Å². The molecule has 2 aliphatic rings. The van der Waals surface area contributed by atoms with Gasteiger partial charge in [-0.1, -0.05) is 30.3 Å². The molecule has 0 bridgehead atoms. The lowest BCUT2D eigenvalue weighted by atomic mass is 10.1. The van der Waals surface area contributed by atoms with Crippen molar-refractivity contribution in [1.82, 2.24) is 15.1 Å². The standard InChI is InChI=1S/C17H27N3/c1-15(17-5-3-2-4-6-17)20-10-7-16(14-20)13-19-11-8-18-9-12-19/h2-6,15-16,18H,7-14H2,1H3. The second-order valence-corrected chi connectivity index (χ2v) is 6.29. The second kappa shape index (κ2) is 6.70. The molecular weight excluding hydrogens is 246 g/mol. The first kappa shape index (κ1) is 14.1. The highest BCUT2D eigenvalue weighted by Crippen LogP contribution is 2.27. The third kappa shape index (κ3) is 3.40. The number of piperazine rings is 1. The highest BCUT2D eigenvalue weighted by molar-refractivity contribution is 5.18. The van der Waals surface area contributed by atoms with E-state index in [4.69, 9.17) is 0 Å². The van der Waals surface area contributed by atoms with Gasteiger partial charge in [-0.05, 0) is 31.4 Å². The zero-order valence-corrected chi connectivity index (χ0v) is 12.6. The summed E-state index contributed by atoms with van der Waals surface area (Å²) in [6.45, 7) is 10.9. The Hall–Kier alpha value is -0.900. The molecule has 3 heteroatoms. The normalized spacial score (nSPS) is 26.8. The van der Waals surface area contributed by atoms with Gasteiger partial charge in [-0.2, -0.15) is 0 Å². The van der Waals surface area contributed by atoms with Crippen molar-refractivity contribution in [1.29, 1.82) is 0 Å². The van der Waals surface area contributed by atoms with Gasteiger partial charge in [-0.25, -0.2) is 0 Å². The third-order valence-corrected chi connectivity index (χ3v) is 4.87. The molecular formula is C17H27N3. The highest BCUT2D eigenvalue weighted by atomic mass is 15.2. The van der Waals surface area contributed by atoms with E-state index < -0.39 is 0 Å². The first-order valence-corrected chi connectivity index (χ1v) is 8.05. The number of likely N-dealkylation sites (tertiary alicyclic amines) is 1. The van der Waals surface area contributed by atoms with Crippen LogP contribution in [0.4, 0.5) is 0 Å². The predicted molar refractivity (Wildman–Crippen MR) is 83.8 cm³/mol. The van der Waals surface area contributed by atoms with Crippen molar-refractivity contribution in [3.8, 4) is 0 Å². The van der Waals surface area contributed by atoms with E-state index in [0.717, 1.165) is 19.0 Å². The topological polar surface area (TPSA) is 18.5 Å². The van der Waals surface area contributed by atoms with E-state index in [0.29, 0.717) is 6.04 Å². The summed E-state index contributed by atoms with van der Waals surface area (Å²) in [4.78, 5) is 5.29. The monoisotopic (exact) mass is 273 g/mol. The minimum absolute atomic E-state index is 0.559. The van der Waals surface area contributed by atoms with Gasteiger partial charge in [-0.15, -0.1) is 0 Å². The van der Waals surface area contributed by atoms with Crippen LogP contribution in [0.1, 0.15) is 24.9 Å². The maximum Gasteiger partial charge on any atom is 0.0320 e. The summed E-state index contributed by atoms with van der Waals surface area (Å²) < 4.78 is 0. The molecule has 0 aromatic heterocycles. The largest absolute Gasteiger partial charge is 0.314 e. The molecule has 2 fully saturated rings. The molecule has 1 aromatic carbocycles. The molecule has 2 saturated heterocycles. The Morgan fingerprint density at radius 2 is 1.90 bits per heavy atom. The number of hydrogen-bond donors (Lipinski definition) is 1. The first-order chi connectivity index (χ1) is 9.83. The smallest absolute Gasteiger partial charge is 0.0320 e. The molecule has 3 nitrogen and oxygen atoms in total. The Balaban J connectivity index is 1.51. The van der Waals surface area contributed by atoms with Crippen LogP contribution < -0.4 is 5.32 Å². The quantitative estimate of drug-likeness (QED) is 0.905. The lowest BCUT2D eigenvalue weighted by Crippen LogP contribution is -2.45. The molecule has 0 aliphatic carbocycles. The van der Waals surface area contributed by atoms with Gasteiger partial charge < -0.3 is 10.2 Å². The Morgan fingerprint density at radius 3 is 2.65 bits per heavy atom. The van der Waals surface area contributed by atoms with Crippen molar-refractivity contribution in [2.75, 3.05) is 45.8 Å². The highest BCUT2D eigenvalue weighted by Gasteiger charge is 2.28. The zero-order chi connectivity index (χ0) is 13.8. The van der Waals surface area contributed by atoms with Gasteiger partial charge in [-0.3, -0.25) is 4.90 Å². The van der Waals surface area contributed by atoms with Crippen LogP contribution in [0.3, 0.4) is 0 Å². The van der Waals surface area contributed by atoms with Gasteiger partial charge in [0.15, 0.2) is 0 Å². The number of rotatable bonds is 4. The second-order valence-electron chi connectivity index (χ2n) is 6.29. The van der Waals surface area contributed by atoms with Gasteiger partial charge in [0.1, 0.15) is 0 Å². The molecule has 110 valence electrons. The fourth-order valence-corrected chi connectivity index (χ4v) is 3.56. The van der Waals surface area contributed by atoms with E-state index in [9.17, 15) is 0 Å². The van der Waals surface area contributed by atoms with Crippen molar-refractivity contribution < 1.29 is 0 Å². The van der Waals surface area contributed by atoms with Crippen LogP contribution in [0.2, 0.25) is 0 Å². The van der Waals surface area contributed by atoms with Gasteiger partial charge in [0.05, 0.1) is 0 Å². The summed E-state index contributed by atoms with van der Waals surface area (Å²) in [6, 6.07) is 11.5. The fourth-order valence-electron chi connectivity index (χ4n) is 3.56. The number of nitrogens with one attached hydrogen (secondary N) is 1. The van der Waals surface area contributed by atoms with Crippen LogP contribution in [0, 0.1) is 5.92 Å². The Bertz CT molecular complexity index is 400. The molecule has 0 saturated carbocycles. The van der Waals surface area contributed by atoms with Crippen molar-refractivity contribution in [2.24, 2.45) is 5.92 Å². The molecule has 1 aromatic rings. The molecule has 2 unspecified atom stereocenters. The van der Waals surface area contributed by atoms with Crippen LogP contribution in [-0.2, 0) is 0 Å². The van der Waals surface area contributed by atoms with Crippen LogP contribution in [-0.4, -0.2) is 55.6 Å². The zero-order valence-electron chi connectivity index (χ0n) is 12.6. The van der Waals surface area contributed by atoms with Crippen molar-refractivity contribution in [2.45, 2.75) is 19.4 Å². The van der Waals surface area contributed by atoms with Gasteiger partial charge in [0.25, 0.3) is 0 Å². The maximum atomic E-state index is 3.44. The minimum Gasteiger partial charge on any atom is -0.314 e. The van der Waals surface area contributed by atoms with Crippen LogP contribution >= 0.6 is 0 Å². The summed E-state index contributed by atoms with van der Waals surface area (Å²) in [6.07, 6.45) is 1.36. The average molecular weight is 273 g/mol. The summed E-state index contributed by atoms with van der Waals surface area (Å²) in [7, 11) is 0. The van der Waals surface area contributed by atoms with E-state index in [1.807, 2.05) is 0 Å². The lowest BCUT2D eigenvalue weighted by molar-refractivity contribution is 0.194. The summed E-state index contributed by atoms with van der Waals surface area (Å²) >= 11 is 0. The van der Waals surface area contributed by atoms with E-state index in [1.165, 1.54) is 44.7 Å². The molecule has 0 amide bonds. The Morgan fingerprint density at radius 1 is 1.15 bits per heavy atom. The Kier molecular flexibility index (Phi) is 4.71. The van der Waals surface area contributed by atoms with Gasteiger partial charge >= 0.3 is 0 Å². The number of nitrogens with zero attached hydrogens (tertiary/aromatic N) is 2. The van der Waals surface area contributed by atoms with Crippen LogP contribution in [0.15, 0.2) is 30.3 Å². The SMILES string of the molecule is CC(c1ccccc1)N1CCC(CN2CCNCC2)C1. The van der Waals surface area contributed by atoms with E-state index in [-0.39, 0.29) is 0 Å². The van der Waals surface area contributed by atoms with E-state index in [1.54, 1.807) is 0 Å². The van der Waals surface area contributed by atoms with Crippen molar-refractivity contribution >= 4 is 0 Å². The molecule has 0 spiro atoms. The van der Waals surface area contributed by atoms with Gasteiger partial charge in [0, 0.05) is 45.3 Å². The van der Waals surface area contributed by atoms with Crippen molar-refractivity contribution in [3.63, 3.8) is 0 Å². The lowest BCUT2D eigenvalue weighted by Gasteiger charge is -2.30. The summed E-state index contributed by atoms with van der Waals surface area (Å²) in [5, 5.41) is 3.44. The third-order valence-electron chi connectivity index (χ3n) is 4.87. The fraction of sp³-hybridized carbons (Fsp3) is 0.647. The summed E-state index contributed by atoms with van der Waals surface area (Å²) in [5.41, 5.74) is 1.45. The first-order valence-electron chi connectivity index (χ1n) is 8.05. The van der Waals surface area contributed by atoms with E-state index >= 15 is 0 Å². The molecule has 3 rings (SSSR count). The predicted octanol–water partition coefficient (Wildman–Crippen LogP) is 1.97. The van der Waals surface area contributed by atoms with Crippen LogP contribution in [0.5, 0.6) is 0 Å². The molecule has 2 aliphatic heterocycles. The number of benzene rings is 1. The minimum atomic E-state index is 0.559. The molecule has 20 heavy (non-hydrogen) atoms. The average Bonchev–Trinajstić information content (AvgIpc) is 2.97. The molecule has 1 N–H and O–H groups in total. The molecule has 2 heterocycles.